The van der Waals surface area contributed by atoms with Crippen molar-refractivity contribution in [2.24, 2.45) is 0 Å². The van der Waals surface area contributed by atoms with Crippen LogP contribution in [0.1, 0.15) is 5.69 Å². The molecule has 25 heavy (non-hydrogen) atoms. The first-order chi connectivity index (χ1) is 11.5. The molecule has 0 fully saturated rings. The number of hydrogen-bond donors (Lipinski definition) is 0. The summed E-state index contributed by atoms with van der Waals surface area (Å²) >= 11 is 0. The van der Waals surface area contributed by atoms with Gasteiger partial charge < -0.3 is 9.30 Å². The highest BCUT2D eigenvalue weighted by Crippen LogP contribution is 2.34. The third kappa shape index (κ3) is 5.47. The molecule has 0 atom stereocenters. The van der Waals surface area contributed by atoms with Crippen LogP contribution in [0.15, 0.2) is 18.5 Å². The highest BCUT2D eigenvalue weighted by Gasteiger charge is 2.35. The zero-order valence-corrected chi connectivity index (χ0v) is 15.3. The number of pyridine rings is 1. The van der Waals surface area contributed by atoms with Gasteiger partial charge in [-0.2, -0.15) is 13.2 Å². The van der Waals surface area contributed by atoms with Crippen LogP contribution in [0.4, 0.5) is 17.6 Å². The average Bonchev–Trinajstić information content (AvgIpc) is 2.86. The van der Waals surface area contributed by atoms with E-state index >= 15 is 0 Å². The van der Waals surface area contributed by atoms with Gasteiger partial charge >= 0.3 is 6.18 Å². The first-order valence-electron chi connectivity index (χ1n) is 7.48. The summed E-state index contributed by atoms with van der Waals surface area (Å²) in [5, 5.41) is 0. The molecule has 2 heterocycles. The van der Waals surface area contributed by atoms with Gasteiger partial charge in [0.25, 0.3) is 0 Å². The number of hydrogen-bond acceptors (Lipinski definition) is 3. The van der Waals surface area contributed by atoms with E-state index in [0.29, 0.717) is 12.1 Å². The van der Waals surface area contributed by atoms with E-state index in [2.05, 4.69) is 28.7 Å². The second-order valence-electron chi connectivity index (χ2n) is 6.59. The Kier molecular flexibility index (Phi) is 5.83. The number of halogens is 4. The molecule has 0 aliphatic heterocycles. The molecule has 0 spiro atoms. The molecule has 0 radical (unpaired) electrons. The van der Waals surface area contributed by atoms with Gasteiger partial charge in [-0.25, -0.2) is 19.4 Å². The Hall–Kier alpha value is -1.55. The molecule has 0 unspecified atom stereocenters. The predicted octanol–water partition coefficient (Wildman–Crippen LogP) is 2.03. The summed E-state index contributed by atoms with van der Waals surface area (Å²) in [5.41, 5.74) is -0.764. The monoisotopic (exact) mass is 377 g/mol. The van der Waals surface area contributed by atoms with Crippen LogP contribution in [0.3, 0.4) is 0 Å². The van der Waals surface area contributed by atoms with Gasteiger partial charge in [0.15, 0.2) is 17.3 Å². The van der Waals surface area contributed by atoms with E-state index in [0.717, 1.165) is 16.5 Å². The molecular formula is C15H20BF4N3OS. The summed E-state index contributed by atoms with van der Waals surface area (Å²) in [7, 11) is 0.872. The van der Waals surface area contributed by atoms with Crippen LogP contribution in [-0.2, 0) is 17.6 Å². The number of ether oxygens (including phenoxy) is 1. The molecular weight excluding hydrogens is 357 g/mol. The summed E-state index contributed by atoms with van der Waals surface area (Å²) in [6.45, 7) is 0.255. The lowest BCUT2D eigenvalue weighted by Crippen LogP contribution is -2.12. The van der Waals surface area contributed by atoms with Gasteiger partial charge in [-0.05, 0) is 24.8 Å². The number of imidazole rings is 1. The molecule has 138 valence electrons. The molecule has 0 aliphatic rings. The maximum atomic E-state index is 14.1. The molecule has 4 nitrogen and oxygen atoms in total. The van der Waals surface area contributed by atoms with Crippen LogP contribution < -0.4 is 5.46 Å². The van der Waals surface area contributed by atoms with Crippen molar-refractivity contribution < 1.29 is 22.3 Å². The quantitative estimate of drug-likeness (QED) is 0.440. The first kappa shape index (κ1) is 19.8. The van der Waals surface area contributed by atoms with Crippen molar-refractivity contribution in [1.82, 2.24) is 14.5 Å². The Morgan fingerprint density at radius 2 is 1.96 bits per heavy atom. The van der Waals surface area contributed by atoms with Gasteiger partial charge in [0, 0.05) is 18.1 Å². The maximum Gasteiger partial charge on any atom is 0.434 e. The van der Waals surface area contributed by atoms with Crippen molar-refractivity contribution in [1.29, 1.82) is 0 Å². The molecule has 2 aromatic rings. The minimum absolute atomic E-state index is 0.150. The van der Waals surface area contributed by atoms with Gasteiger partial charge in [-0.3, -0.25) is 4.98 Å². The maximum absolute atomic E-state index is 14.1. The van der Waals surface area contributed by atoms with E-state index in [1.54, 1.807) is 7.85 Å². The minimum atomic E-state index is -4.63. The molecule has 0 saturated carbocycles. The van der Waals surface area contributed by atoms with Crippen LogP contribution in [0.2, 0.25) is 0 Å². The average molecular weight is 377 g/mol. The molecule has 0 aliphatic carbocycles. The van der Waals surface area contributed by atoms with Crippen LogP contribution in [0.5, 0.6) is 0 Å². The lowest BCUT2D eigenvalue weighted by atomic mass is 9.98. The fraction of sp³-hybridized carbons (Fsp3) is 0.467. The molecule has 0 saturated heterocycles. The number of rotatable bonds is 6. The third-order valence-corrected chi connectivity index (χ3v) is 4.72. The van der Waals surface area contributed by atoms with Gasteiger partial charge in [0.1, 0.15) is 20.3 Å². The summed E-state index contributed by atoms with van der Waals surface area (Å²) in [6, 6.07) is 1.21. The van der Waals surface area contributed by atoms with E-state index < -0.39 is 27.7 Å². The Balaban J connectivity index is 2.29. The number of aromatic nitrogens is 3. The minimum Gasteiger partial charge on any atom is -0.360 e. The summed E-state index contributed by atoms with van der Waals surface area (Å²) in [6.07, 6.45) is 3.93. The van der Waals surface area contributed by atoms with E-state index in [9.17, 15) is 17.6 Å². The molecule has 2 aromatic heterocycles. The van der Waals surface area contributed by atoms with Crippen molar-refractivity contribution in [3.05, 3.63) is 30.0 Å². The van der Waals surface area contributed by atoms with Crippen LogP contribution >= 0.6 is 10.0 Å². The normalized spacial score (nSPS) is 13.2. The molecule has 0 N–H and O–H groups in total. The Morgan fingerprint density at radius 3 is 2.52 bits per heavy atom. The van der Waals surface area contributed by atoms with E-state index in [-0.39, 0.29) is 18.2 Å². The van der Waals surface area contributed by atoms with E-state index in [1.165, 1.54) is 12.3 Å². The van der Waals surface area contributed by atoms with E-state index in [4.69, 9.17) is 4.74 Å². The molecule has 2 rings (SSSR count). The lowest BCUT2D eigenvalue weighted by molar-refractivity contribution is -0.141. The lowest BCUT2D eigenvalue weighted by Gasteiger charge is -2.24. The SMILES string of the molecule is Bc1cnc(-c2nc(C(F)(F)F)cn2COCCS(C)(C)C)c(F)c1. The zero-order valence-electron chi connectivity index (χ0n) is 14.5. The topological polar surface area (TPSA) is 39.9 Å². The van der Waals surface area contributed by atoms with Gasteiger partial charge in [0.2, 0.25) is 0 Å². The number of nitrogens with zero attached hydrogens (tertiary/aromatic N) is 3. The fourth-order valence-electron chi connectivity index (χ4n) is 2.01. The summed E-state index contributed by atoms with van der Waals surface area (Å²) in [4.78, 5) is 7.42. The summed E-state index contributed by atoms with van der Waals surface area (Å²) < 4.78 is 59.7. The second-order valence-corrected chi connectivity index (χ2v) is 11.2. The third-order valence-electron chi connectivity index (χ3n) is 3.33. The molecule has 0 bridgehead atoms. The highest BCUT2D eigenvalue weighted by molar-refractivity contribution is 8.32. The predicted molar refractivity (Wildman–Crippen MR) is 94.8 cm³/mol. The Morgan fingerprint density at radius 1 is 1.28 bits per heavy atom. The zero-order chi connectivity index (χ0) is 18.8. The highest BCUT2D eigenvalue weighted by atomic mass is 32.3. The first-order valence-corrected chi connectivity index (χ1v) is 10.5. The van der Waals surface area contributed by atoms with Crippen molar-refractivity contribution >= 4 is 23.3 Å². The summed E-state index contributed by atoms with van der Waals surface area (Å²) in [5.74, 6) is -0.104. The van der Waals surface area contributed by atoms with Crippen molar-refractivity contribution in [3.8, 4) is 11.5 Å². The van der Waals surface area contributed by atoms with Crippen LogP contribution in [-0.4, -0.2) is 53.5 Å². The fourth-order valence-corrected chi connectivity index (χ4v) is 2.63. The molecule has 10 heteroatoms. The largest absolute Gasteiger partial charge is 0.434 e. The smallest absolute Gasteiger partial charge is 0.360 e. The van der Waals surface area contributed by atoms with Crippen LogP contribution in [0.25, 0.3) is 11.5 Å². The van der Waals surface area contributed by atoms with Crippen LogP contribution in [0, 0.1) is 5.82 Å². The van der Waals surface area contributed by atoms with Crippen molar-refractivity contribution in [2.75, 3.05) is 31.1 Å². The van der Waals surface area contributed by atoms with E-state index in [1.807, 2.05) is 0 Å². The standard InChI is InChI=1S/C15H20BF4N3OS/c1-25(2,3)5-4-24-9-23-8-12(15(18,19)20)22-14(23)13-11(17)6-10(16)7-21-13/h6-8H,4-5,9,16H2,1-3H3. The Bertz CT molecular complexity index is 743. The van der Waals surface area contributed by atoms with Crippen molar-refractivity contribution in [3.63, 3.8) is 0 Å². The van der Waals surface area contributed by atoms with Gasteiger partial charge in [-0.15, -0.1) is 0 Å². The van der Waals surface area contributed by atoms with Gasteiger partial charge in [0.05, 0.1) is 6.61 Å². The number of alkyl halides is 3. The van der Waals surface area contributed by atoms with Gasteiger partial charge in [-0.1, -0.05) is 5.46 Å². The Labute approximate surface area is 146 Å². The molecule has 0 amide bonds. The molecule has 0 aromatic carbocycles. The second kappa shape index (κ2) is 7.37. The van der Waals surface area contributed by atoms with Crippen molar-refractivity contribution in [2.45, 2.75) is 12.9 Å².